The third kappa shape index (κ3) is 8.84. The molecule has 0 bridgehead atoms. The van der Waals surface area contributed by atoms with Gasteiger partial charge in [-0.2, -0.15) is 0 Å². The maximum absolute atomic E-state index is 9.64. The van der Waals surface area contributed by atoms with E-state index < -0.39 is 31.4 Å². The first-order chi connectivity index (χ1) is 30.5. The Hall–Kier alpha value is -4.89. The van der Waals surface area contributed by atoms with Crippen molar-refractivity contribution < 1.29 is 36.9 Å². The molecular formula is C53H52IrN2O-2. The fourth-order valence-electron chi connectivity index (χ4n) is 7.59. The van der Waals surface area contributed by atoms with Crippen molar-refractivity contribution in [3.8, 4) is 33.6 Å². The van der Waals surface area contributed by atoms with E-state index in [0.29, 0.717) is 40.9 Å². The molecule has 1 radical (unpaired) electrons. The topological polar surface area (TPSA) is 38.9 Å². The van der Waals surface area contributed by atoms with Gasteiger partial charge in [-0.05, 0) is 94.7 Å². The Morgan fingerprint density at radius 2 is 1.56 bits per heavy atom. The minimum absolute atomic E-state index is 0. The number of rotatable bonds is 5. The maximum Gasteiger partial charge on any atom is 0.128 e. The van der Waals surface area contributed by atoms with Gasteiger partial charge in [0.2, 0.25) is 0 Å². The van der Waals surface area contributed by atoms with Gasteiger partial charge in [0.1, 0.15) is 5.58 Å². The van der Waals surface area contributed by atoms with Crippen LogP contribution >= 0.6 is 0 Å². The van der Waals surface area contributed by atoms with Gasteiger partial charge in [-0.25, -0.2) is 0 Å². The third-order valence-corrected chi connectivity index (χ3v) is 10.7. The molecule has 0 atom stereocenters. The molecule has 291 valence electrons. The Morgan fingerprint density at radius 1 is 0.807 bits per heavy atom. The predicted molar refractivity (Wildman–Crippen MR) is 235 cm³/mol. The summed E-state index contributed by atoms with van der Waals surface area (Å²) in [7, 11) is 0. The van der Waals surface area contributed by atoms with E-state index in [2.05, 4.69) is 55.2 Å². The summed E-state index contributed by atoms with van der Waals surface area (Å²) in [5.41, 5.74) is 6.67. The van der Waals surface area contributed by atoms with E-state index in [1.54, 1.807) is 18.3 Å². The van der Waals surface area contributed by atoms with E-state index in [-0.39, 0.29) is 36.6 Å². The molecule has 5 aromatic carbocycles. The molecule has 3 nitrogen and oxygen atoms in total. The average Bonchev–Trinajstić information content (AvgIpc) is 3.66. The Bertz CT molecular complexity index is 3010. The summed E-state index contributed by atoms with van der Waals surface area (Å²) < 4.78 is 80.0. The van der Waals surface area contributed by atoms with Gasteiger partial charge in [-0.15, -0.1) is 47.5 Å². The van der Waals surface area contributed by atoms with Crippen LogP contribution in [-0.2, 0) is 26.5 Å². The molecule has 9 rings (SSSR count). The standard InChI is InChI=1S/C34H36NO.C19H16N.Ir/c1-33(2,3)20-24-21-35-30(19-29(24)23-15-17-34(4,5)18-16-23)28-12-8-11-26-27-14-13-22-9-6-7-10-25(22)31(27)36-32(26)28;1-14-8-11-19(20-13-14)17-10-9-15(2)18(12-17)16-6-4-3-5-7-16;/h6-11,13-14,19,21,23H,15-18,20H2,1-5H3;3-9,11-13H,1-2H3;/q2*-1;/i20D2,23D;1D3,2D3;. The van der Waals surface area contributed by atoms with E-state index in [0.717, 1.165) is 62.2 Å². The van der Waals surface area contributed by atoms with Gasteiger partial charge in [-0.1, -0.05) is 143 Å². The van der Waals surface area contributed by atoms with E-state index in [1.807, 2.05) is 81.4 Å². The predicted octanol–water partition coefficient (Wildman–Crippen LogP) is 14.7. The maximum atomic E-state index is 9.64. The summed E-state index contributed by atoms with van der Waals surface area (Å²) in [6, 6.07) is 40.2. The van der Waals surface area contributed by atoms with Crippen LogP contribution in [0.2, 0.25) is 0 Å². The van der Waals surface area contributed by atoms with Crippen molar-refractivity contribution in [2.45, 2.75) is 86.3 Å². The molecule has 8 aromatic rings. The Morgan fingerprint density at radius 3 is 2.30 bits per heavy atom. The molecule has 3 heterocycles. The molecule has 1 aliphatic rings. The first-order valence-electron chi connectivity index (χ1n) is 23.8. The molecular weight excluding hydrogens is 873 g/mol. The summed E-state index contributed by atoms with van der Waals surface area (Å²) in [6.07, 6.45) is 4.60. The van der Waals surface area contributed by atoms with Crippen molar-refractivity contribution in [2.24, 2.45) is 10.8 Å². The van der Waals surface area contributed by atoms with Gasteiger partial charge in [0.25, 0.3) is 0 Å². The van der Waals surface area contributed by atoms with Crippen molar-refractivity contribution >= 4 is 32.7 Å². The Kier molecular flexibility index (Phi) is 8.77. The van der Waals surface area contributed by atoms with Crippen LogP contribution in [-0.4, -0.2) is 9.97 Å². The number of furan rings is 1. The number of nitrogens with zero attached hydrogens (tertiary/aromatic N) is 2. The molecule has 1 fully saturated rings. The first-order valence-corrected chi connectivity index (χ1v) is 19.3. The largest absolute Gasteiger partial charge is 0.500 e. The second-order valence-corrected chi connectivity index (χ2v) is 16.6. The molecule has 1 saturated carbocycles. The van der Waals surface area contributed by atoms with Gasteiger partial charge < -0.3 is 14.4 Å². The fraction of sp³-hybridized carbons (Fsp3) is 0.283. The van der Waals surface area contributed by atoms with Gasteiger partial charge in [0.15, 0.2) is 0 Å². The number of pyridine rings is 2. The molecule has 0 saturated heterocycles. The van der Waals surface area contributed by atoms with Crippen molar-refractivity contribution in [1.82, 2.24) is 9.97 Å². The fourth-order valence-corrected chi connectivity index (χ4v) is 7.59. The van der Waals surface area contributed by atoms with Gasteiger partial charge in [0, 0.05) is 55.6 Å². The van der Waals surface area contributed by atoms with Crippen LogP contribution < -0.4 is 0 Å². The number of aryl methyl sites for hydroxylation is 2. The van der Waals surface area contributed by atoms with Crippen LogP contribution in [0.25, 0.3) is 66.4 Å². The zero-order chi connectivity index (χ0) is 46.7. The second-order valence-electron chi connectivity index (χ2n) is 16.6. The summed E-state index contributed by atoms with van der Waals surface area (Å²) in [5.74, 6) is -0.876. The Balaban J connectivity index is 0.000000210. The SMILES string of the molecule is [2H]C([2H])([2H])c1ccc(-c2[c-]cc(C([2H])([2H])[2H])c(-c3ccccc3)c2)nc1.[2H]C1(c2cc(-c3[c-]ccc4c3oc3c5ccccc5ccc43)ncc2C([2H])([2H])C(C)(C)C)CCC(C)(C)CC1.[Ir]. The zero-order valence-corrected chi connectivity index (χ0v) is 35.4. The molecule has 0 N–H and O–H groups in total. The van der Waals surface area contributed by atoms with Crippen molar-refractivity contribution in [2.75, 3.05) is 0 Å². The monoisotopic (exact) mass is 934 g/mol. The minimum Gasteiger partial charge on any atom is -0.500 e. The van der Waals surface area contributed by atoms with Crippen molar-refractivity contribution in [3.05, 3.63) is 156 Å². The normalized spacial score (nSPS) is 17.9. The minimum atomic E-state index is -2.27. The van der Waals surface area contributed by atoms with Crippen LogP contribution in [0.1, 0.15) is 101 Å². The summed E-state index contributed by atoms with van der Waals surface area (Å²) in [5, 5.41) is 4.24. The van der Waals surface area contributed by atoms with E-state index in [9.17, 15) is 1.37 Å². The van der Waals surface area contributed by atoms with Crippen LogP contribution in [0, 0.1) is 36.7 Å². The number of aromatic nitrogens is 2. The van der Waals surface area contributed by atoms with E-state index >= 15 is 0 Å². The van der Waals surface area contributed by atoms with Crippen LogP contribution in [0.3, 0.4) is 0 Å². The quantitative estimate of drug-likeness (QED) is 0.161. The van der Waals surface area contributed by atoms with E-state index in [1.165, 1.54) is 18.3 Å². The average molecular weight is 934 g/mol. The number of fused-ring (bicyclic) bond motifs is 5. The van der Waals surface area contributed by atoms with Gasteiger partial charge in [0.05, 0.1) is 5.58 Å². The van der Waals surface area contributed by atoms with Crippen molar-refractivity contribution in [1.29, 1.82) is 0 Å². The number of benzene rings is 5. The summed E-state index contributed by atoms with van der Waals surface area (Å²) in [4.78, 5) is 9.02. The van der Waals surface area contributed by atoms with Gasteiger partial charge in [-0.3, -0.25) is 0 Å². The third-order valence-electron chi connectivity index (χ3n) is 10.7. The number of hydrogen-bond donors (Lipinski definition) is 0. The summed E-state index contributed by atoms with van der Waals surface area (Å²) >= 11 is 0. The molecule has 4 heteroatoms. The smallest absolute Gasteiger partial charge is 0.128 e. The molecule has 57 heavy (non-hydrogen) atoms. The van der Waals surface area contributed by atoms with Crippen LogP contribution in [0.15, 0.2) is 126 Å². The molecule has 0 spiro atoms. The molecule has 0 unspecified atom stereocenters. The summed E-state index contributed by atoms with van der Waals surface area (Å²) in [6.45, 7) is 5.80. The molecule has 0 aliphatic heterocycles. The van der Waals surface area contributed by atoms with Crippen LogP contribution in [0.5, 0.6) is 0 Å². The molecule has 3 aromatic heterocycles. The van der Waals surface area contributed by atoms with E-state index in [4.69, 9.17) is 20.4 Å². The zero-order valence-electron chi connectivity index (χ0n) is 42.0. The molecule has 1 aliphatic carbocycles. The van der Waals surface area contributed by atoms with Crippen LogP contribution in [0.4, 0.5) is 0 Å². The Labute approximate surface area is 365 Å². The molecule has 0 amide bonds. The van der Waals surface area contributed by atoms with Crippen molar-refractivity contribution in [3.63, 3.8) is 0 Å². The number of hydrogen-bond acceptors (Lipinski definition) is 3. The second kappa shape index (κ2) is 16.5. The first kappa shape index (κ1) is 30.2. The van der Waals surface area contributed by atoms with Gasteiger partial charge >= 0.3 is 0 Å².